The Labute approximate surface area is 126 Å². The molecule has 2 amide bonds. The van der Waals surface area contributed by atoms with Crippen LogP contribution < -0.4 is 5.32 Å². The van der Waals surface area contributed by atoms with Crippen LogP contribution in [0.4, 0.5) is 4.79 Å². The first-order valence-electron chi connectivity index (χ1n) is 7.82. The third-order valence-electron chi connectivity index (χ3n) is 4.11. The number of carboxylic acids is 1. The summed E-state index contributed by atoms with van der Waals surface area (Å²) < 4.78 is 0. The minimum Gasteiger partial charge on any atom is -0.481 e. The fourth-order valence-electron chi connectivity index (χ4n) is 3.00. The number of aliphatic hydroxyl groups excluding tert-OH is 1. The molecule has 0 aromatic heterocycles. The first-order chi connectivity index (χ1) is 9.90. The van der Waals surface area contributed by atoms with Crippen LogP contribution in [0.15, 0.2) is 0 Å². The normalized spacial score (nSPS) is 17.5. The Morgan fingerprint density at radius 1 is 1.24 bits per heavy atom. The second-order valence-corrected chi connectivity index (χ2v) is 6.21. The highest BCUT2D eigenvalue weighted by Crippen LogP contribution is 2.31. The quantitative estimate of drug-likeness (QED) is 0.670. The molecule has 0 spiro atoms. The predicted octanol–water partition coefficient (Wildman–Crippen LogP) is 1.97. The van der Waals surface area contributed by atoms with Crippen molar-refractivity contribution in [3.63, 3.8) is 0 Å². The average Bonchev–Trinajstić information content (AvgIpc) is 2.38. The maximum absolute atomic E-state index is 12.5. The zero-order chi connectivity index (χ0) is 15.9. The molecule has 1 saturated carbocycles. The fraction of sp³-hybridized carbons (Fsp3) is 0.867. The molecule has 21 heavy (non-hydrogen) atoms. The molecule has 0 heterocycles. The number of rotatable bonds is 7. The topological polar surface area (TPSA) is 89.9 Å². The zero-order valence-electron chi connectivity index (χ0n) is 13.1. The average molecular weight is 300 g/mol. The van der Waals surface area contributed by atoms with Crippen molar-refractivity contribution in [2.45, 2.75) is 70.4 Å². The summed E-state index contributed by atoms with van der Waals surface area (Å²) in [6.07, 6.45) is 4.93. The van der Waals surface area contributed by atoms with E-state index in [4.69, 9.17) is 10.2 Å². The molecule has 6 nitrogen and oxygen atoms in total. The lowest BCUT2D eigenvalue weighted by molar-refractivity contribution is -0.139. The Kier molecular flexibility index (Phi) is 6.95. The molecule has 0 saturated heterocycles. The third-order valence-corrected chi connectivity index (χ3v) is 4.11. The van der Waals surface area contributed by atoms with E-state index in [0.29, 0.717) is 13.0 Å². The SMILES string of the molecule is CC(C)N(CCCO)C(=O)NC1(CC(=O)O)CCCCC1. The maximum atomic E-state index is 12.5. The smallest absolute Gasteiger partial charge is 0.318 e. The van der Waals surface area contributed by atoms with Crippen molar-refractivity contribution in [2.24, 2.45) is 0 Å². The number of carboxylic acid groups (broad SMARTS) is 1. The van der Waals surface area contributed by atoms with Crippen molar-refractivity contribution in [3.05, 3.63) is 0 Å². The molecule has 122 valence electrons. The van der Waals surface area contributed by atoms with Crippen LogP contribution in [0, 0.1) is 0 Å². The van der Waals surface area contributed by atoms with Crippen LogP contribution in [-0.4, -0.2) is 51.8 Å². The van der Waals surface area contributed by atoms with Crippen LogP contribution in [0.2, 0.25) is 0 Å². The van der Waals surface area contributed by atoms with Crippen molar-refractivity contribution in [2.75, 3.05) is 13.2 Å². The van der Waals surface area contributed by atoms with Gasteiger partial charge in [-0.1, -0.05) is 19.3 Å². The van der Waals surface area contributed by atoms with E-state index in [9.17, 15) is 9.59 Å². The maximum Gasteiger partial charge on any atom is 0.318 e. The molecule has 1 rings (SSSR count). The van der Waals surface area contributed by atoms with Gasteiger partial charge >= 0.3 is 12.0 Å². The highest BCUT2D eigenvalue weighted by Gasteiger charge is 2.37. The number of nitrogens with zero attached hydrogens (tertiary/aromatic N) is 1. The first kappa shape index (κ1) is 17.8. The van der Waals surface area contributed by atoms with E-state index in [1.807, 2.05) is 13.8 Å². The highest BCUT2D eigenvalue weighted by atomic mass is 16.4. The lowest BCUT2D eigenvalue weighted by Gasteiger charge is -2.39. The van der Waals surface area contributed by atoms with Crippen LogP contribution in [0.3, 0.4) is 0 Å². The van der Waals surface area contributed by atoms with Crippen LogP contribution >= 0.6 is 0 Å². The van der Waals surface area contributed by atoms with Crippen LogP contribution in [0.5, 0.6) is 0 Å². The molecular weight excluding hydrogens is 272 g/mol. The predicted molar refractivity (Wildman–Crippen MR) is 80.1 cm³/mol. The summed E-state index contributed by atoms with van der Waals surface area (Å²) in [5.41, 5.74) is -0.618. The van der Waals surface area contributed by atoms with Gasteiger partial charge in [0.1, 0.15) is 0 Å². The highest BCUT2D eigenvalue weighted by molar-refractivity contribution is 5.77. The van der Waals surface area contributed by atoms with Gasteiger partial charge in [-0.3, -0.25) is 4.79 Å². The molecule has 0 atom stereocenters. The van der Waals surface area contributed by atoms with Crippen LogP contribution in [0.1, 0.15) is 58.8 Å². The Balaban J connectivity index is 2.75. The van der Waals surface area contributed by atoms with Crippen molar-refractivity contribution in [3.8, 4) is 0 Å². The minimum absolute atomic E-state index is 0.0158. The molecule has 0 aromatic carbocycles. The summed E-state index contributed by atoms with van der Waals surface area (Å²) in [7, 11) is 0. The Hall–Kier alpha value is -1.30. The summed E-state index contributed by atoms with van der Waals surface area (Å²) in [5.74, 6) is -0.872. The number of hydrogen-bond donors (Lipinski definition) is 3. The summed E-state index contributed by atoms with van der Waals surface area (Å²) in [5, 5.41) is 21.0. The van der Waals surface area contributed by atoms with Gasteiger partial charge in [0.05, 0.1) is 12.0 Å². The molecule has 0 aliphatic heterocycles. The number of nitrogens with one attached hydrogen (secondary N) is 1. The van der Waals surface area contributed by atoms with E-state index in [2.05, 4.69) is 5.32 Å². The molecular formula is C15H28N2O4. The van der Waals surface area contributed by atoms with Gasteiger partial charge in [0.25, 0.3) is 0 Å². The van der Waals surface area contributed by atoms with Gasteiger partial charge in [-0.25, -0.2) is 4.79 Å². The van der Waals surface area contributed by atoms with Crippen LogP contribution in [0.25, 0.3) is 0 Å². The molecule has 1 aliphatic carbocycles. The van der Waals surface area contributed by atoms with Crippen molar-refractivity contribution in [1.29, 1.82) is 0 Å². The first-order valence-corrected chi connectivity index (χ1v) is 7.82. The summed E-state index contributed by atoms with van der Waals surface area (Å²) in [6.45, 7) is 4.35. The summed E-state index contributed by atoms with van der Waals surface area (Å²) in [4.78, 5) is 25.3. The van der Waals surface area contributed by atoms with Gasteiger partial charge in [-0.15, -0.1) is 0 Å². The number of hydrogen-bond acceptors (Lipinski definition) is 3. The fourth-order valence-corrected chi connectivity index (χ4v) is 3.00. The summed E-state index contributed by atoms with van der Waals surface area (Å²) in [6, 6.07) is -0.205. The lowest BCUT2D eigenvalue weighted by Crippen LogP contribution is -2.56. The third kappa shape index (κ3) is 5.53. The zero-order valence-corrected chi connectivity index (χ0v) is 13.1. The lowest BCUT2D eigenvalue weighted by atomic mass is 9.79. The number of aliphatic hydroxyl groups is 1. The molecule has 1 fully saturated rings. The Morgan fingerprint density at radius 2 is 1.86 bits per heavy atom. The van der Waals surface area contributed by atoms with Crippen molar-refractivity contribution >= 4 is 12.0 Å². The molecule has 0 aromatic rings. The monoisotopic (exact) mass is 300 g/mol. The van der Waals surface area contributed by atoms with Crippen molar-refractivity contribution < 1.29 is 19.8 Å². The van der Waals surface area contributed by atoms with Gasteiger partial charge in [0, 0.05) is 19.2 Å². The van der Waals surface area contributed by atoms with Crippen LogP contribution in [-0.2, 0) is 4.79 Å². The Morgan fingerprint density at radius 3 is 2.33 bits per heavy atom. The number of urea groups is 1. The molecule has 0 bridgehead atoms. The molecule has 0 unspecified atom stereocenters. The number of carbonyl (C=O) groups is 2. The minimum atomic E-state index is -0.872. The number of carbonyl (C=O) groups excluding carboxylic acids is 1. The van der Waals surface area contributed by atoms with E-state index in [1.165, 1.54) is 0 Å². The molecule has 1 aliphatic rings. The molecule has 6 heteroatoms. The second-order valence-electron chi connectivity index (χ2n) is 6.21. The standard InChI is InChI=1S/C15H28N2O4/c1-12(2)17(9-6-10-18)14(21)16-15(11-13(19)20)7-4-3-5-8-15/h12,18H,3-11H2,1-2H3,(H,16,21)(H,19,20). The molecule has 3 N–H and O–H groups in total. The van der Waals surface area contributed by atoms with E-state index in [1.54, 1.807) is 4.90 Å². The van der Waals surface area contributed by atoms with Gasteiger partial charge in [0.2, 0.25) is 0 Å². The van der Waals surface area contributed by atoms with Gasteiger partial charge < -0.3 is 20.4 Å². The number of amides is 2. The largest absolute Gasteiger partial charge is 0.481 e. The van der Waals surface area contributed by atoms with Gasteiger partial charge in [-0.05, 0) is 33.1 Å². The number of aliphatic carboxylic acids is 1. The van der Waals surface area contributed by atoms with E-state index in [0.717, 1.165) is 32.1 Å². The van der Waals surface area contributed by atoms with Crippen molar-refractivity contribution in [1.82, 2.24) is 10.2 Å². The Bertz CT molecular complexity index is 352. The van der Waals surface area contributed by atoms with Gasteiger partial charge in [-0.2, -0.15) is 0 Å². The second kappa shape index (κ2) is 8.22. The summed E-state index contributed by atoms with van der Waals surface area (Å²) >= 11 is 0. The van der Waals surface area contributed by atoms with Gasteiger partial charge in [0.15, 0.2) is 0 Å². The van der Waals surface area contributed by atoms with E-state index >= 15 is 0 Å². The van der Waals surface area contributed by atoms with E-state index in [-0.39, 0.29) is 25.1 Å². The molecule has 0 radical (unpaired) electrons. The van der Waals surface area contributed by atoms with E-state index < -0.39 is 11.5 Å².